The van der Waals surface area contributed by atoms with Crippen LogP contribution in [0.4, 0.5) is 5.69 Å². The third-order valence-corrected chi connectivity index (χ3v) is 4.86. The van der Waals surface area contributed by atoms with Crippen molar-refractivity contribution in [2.45, 2.75) is 45.1 Å². The number of carbonyl (C=O) groups is 1. The van der Waals surface area contributed by atoms with Crippen LogP contribution in [0.5, 0.6) is 0 Å². The highest BCUT2D eigenvalue weighted by molar-refractivity contribution is 5.93. The second kappa shape index (κ2) is 7.04. The van der Waals surface area contributed by atoms with Crippen LogP contribution in [0, 0.1) is 16.0 Å². The molecule has 1 atom stereocenters. The molecule has 1 amide bonds. The van der Waals surface area contributed by atoms with Crippen molar-refractivity contribution in [3.8, 4) is 0 Å². The van der Waals surface area contributed by atoms with Gasteiger partial charge in [0, 0.05) is 24.2 Å². The fourth-order valence-corrected chi connectivity index (χ4v) is 3.40. The van der Waals surface area contributed by atoms with E-state index in [1.54, 1.807) is 0 Å². The van der Waals surface area contributed by atoms with Gasteiger partial charge in [-0.15, -0.1) is 0 Å². The lowest BCUT2D eigenvalue weighted by Gasteiger charge is -2.28. The molecular formula is C18H20N2O5. The molecule has 0 radical (unpaired) electrons. The molecule has 1 aliphatic rings. The molecule has 2 aromatic rings. The molecule has 25 heavy (non-hydrogen) atoms. The Morgan fingerprint density at radius 3 is 2.68 bits per heavy atom. The van der Waals surface area contributed by atoms with E-state index in [2.05, 4.69) is 5.32 Å². The highest BCUT2D eigenvalue weighted by Gasteiger charge is 2.23. The van der Waals surface area contributed by atoms with Crippen molar-refractivity contribution in [2.75, 3.05) is 0 Å². The van der Waals surface area contributed by atoms with Gasteiger partial charge in [0.2, 0.25) is 0 Å². The van der Waals surface area contributed by atoms with Gasteiger partial charge in [0.25, 0.3) is 11.6 Å². The van der Waals surface area contributed by atoms with Gasteiger partial charge in [-0.25, -0.2) is 0 Å². The number of nitro benzene ring substituents is 1. The van der Waals surface area contributed by atoms with Crippen molar-refractivity contribution in [3.05, 3.63) is 50.4 Å². The minimum atomic E-state index is -0.578. The fourth-order valence-electron chi connectivity index (χ4n) is 3.40. The minimum absolute atomic E-state index is 0.00524. The Labute approximate surface area is 144 Å². The number of nitro groups is 1. The van der Waals surface area contributed by atoms with Gasteiger partial charge in [-0.05, 0) is 31.7 Å². The molecule has 1 fully saturated rings. The average Bonchev–Trinajstić information content (AvgIpc) is 2.61. The molecule has 3 rings (SSSR count). The van der Waals surface area contributed by atoms with Crippen molar-refractivity contribution in [1.29, 1.82) is 0 Å². The molecule has 1 N–H and O–H groups in total. The summed E-state index contributed by atoms with van der Waals surface area (Å²) in [5, 5.41) is 13.8. The predicted octanol–water partition coefficient (Wildman–Crippen LogP) is 3.40. The van der Waals surface area contributed by atoms with Crippen LogP contribution in [-0.4, -0.2) is 16.9 Å². The standard InChI is InChI=1S/C18H20N2O5/c1-11(12-5-3-2-4-6-12)19-18(22)17-10-15(21)14-9-13(20(23)24)7-8-16(14)25-17/h7-12H,2-6H2,1H3,(H,19,22)/t11-/m0/s1. The minimum Gasteiger partial charge on any atom is -0.451 e. The van der Waals surface area contributed by atoms with E-state index in [1.165, 1.54) is 31.4 Å². The Balaban J connectivity index is 1.83. The molecule has 0 spiro atoms. The zero-order valence-corrected chi connectivity index (χ0v) is 14.0. The molecule has 0 unspecified atom stereocenters. The largest absolute Gasteiger partial charge is 0.451 e. The molecule has 1 aromatic heterocycles. The molecule has 0 aliphatic heterocycles. The molecule has 0 bridgehead atoms. The lowest BCUT2D eigenvalue weighted by Crippen LogP contribution is -2.39. The molecule has 7 heteroatoms. The van der Waals surface area contributed by atoms with Crippen LogP contribution in [0.1, 0.15) is 49.6 Å². The monoisotopic (exact) mass is 344 g/mol. The number of amides is 1. The highest BCUT2D eigenvalue weighted by Crippen LogP contribution is 2.26. The lowest BCUT2D eigenvalue weighted by atomic mass is 9.84. The van der Waals surface area contributed by atoms with Crippen LogP contribution >= 0.6 is 0 Å². The van der Waals surface area contributed by atoms with Crippen LogP contribution in [0.25, 0.3) is 11.0 Å². The lowest BCUT2D eigenvalue weighted by molar-refractivity contribution is -0.384. The molecule has 7 nitrogen and oxygen atoms in total. The van der Waals surface area contributed by atoms with Crippen molar-refractivity contribution in [2.24, 2.45) is 5.92 Å². The zero-order valence-electron chi connectivity index (χ0n) is 14.0. The summed E-state index contributed by atoms with van der Waals surface area (Å²) in [4.78, 5) is 34.9. The first-order chi connectivity index (χ1) is 12.0. The number of hydrogen-bond donors (Lipinski definition) is 1. The van der Waals surface area contributed by atoms with E-state index < -0.39 is 16.3 Å². The van der Waals surface area contributed by atoms with Crippen LogP contribution in [0.2, 0.25) is 0 Å². The van der Waals surface area contributed by atoms with Crippen LogP contribution in [0.3, 0.4) is 0 Å². The van der Waals surface area contributed by atoms with Crippen molar-refractivity contribution in [1.82, 2.24) is 5.32 Å². The zero-order chi connectivity index (χ0) is 18.0. The quantitative estimate of drug-likeness (QED) is 0.676. The van der Waals surface area contributed by atoms with Gasteiger partial charge in [-0.3, -0.25) is 19.7 Å². The van der Waals surface area contributed by atoms with E-state index in [1.807, 2.05) is 6.92 Å². The van der Waals surface area contributed by atoms with Crippen LogP contribution in [0.15, 0.2) is 33.5 Å². The summed E-state index contributed by atoms with van der Waals surface area (Å²) in [6.45, 7) is 1.97. The summed E-state index contributed by atoms with van der Waals surface area (Å²) in [7, 11) is 0. The van der Waals surface area contributed by atoms with Gasteiger partial charge in [-0.2, -0.15) is 0 Å². The summed E-state index contributed by atoms with van der Waals surface area (Å²) >= 11 is 0. The van der Waals surface area contributed by atoms with Gasteiger partial charge in [0.05, 0.1) is 10.3 Å². The maximum Gasteiger partial charge on any atom is 0.287 e. The number of nitrogens with zero attached hydrogens (tertiary/aromatic N) is 1. The number of fused-ring (bicyclic) bond motifs is 1. The van der Waals surface area contributed by atoms with Gasteiger partial charge in [0.15, 0.2) is 11.2 Å². The summed E-state index contributed by atoms with van der Waals surface area (Å²) in [5.74, 6) is -0.0723. The Bertz CT molecular complexity index is 867. The molecule has 1 aromatic carbocycles. The molecule has 132 valence electrons. The van der Waals surface area contributed by atoms with Gasteiger partial charge in [0.1, 0.15) is 5.58 Å². The van der Waals surface area contributed by atoms with Crippen LogP contribution in [-0.2, 0) is 0 Å². The summed E-state index contributed by atoms with van der Waals surface area (Å²) in [5.41, 5.74) is -0.503. The van der Waals surface area contributed by atoms with Gasteiger partial charge in [-0.1, -0.05) is 19.3 Å². The Kier molecular flexibility index (Phi) is 4.83. The van der Waals surface area contributed by atoms with Crippen LogP contribution < -0.4 is 10.7 Å². The second-order valence-corrected chi connectivity index (χ2v) is 6.57. The third kappa shape index (κ3) is 3.70. The maximum atomic E-state index is 12.4. The molecule has 1 aliphatic carbocycles. The van der Waals surface area contributed by atoms with E-state index in [0.29, 0.717) is 5.92 Å². The summed E-state index contributed by atoms with van der Waals surface area (Å²) in [6, 6.07) is 4.85. The van der Waals surface area contributed by atoms with Crippen molar-refractivity contribution >= 4 is 22.6 Å². The first-order valence-electron chi connectivity index (χ1n) is 8.49. The highest BCUT2D eigenvalue weighted by atomic mass is 16.6. The van der Waals surface area contributed by atoms with E-state index >= 15 is 0 Å². The van der Waals surface area contributed by atoms with E-state index in [4.69, 9.17) is 4.42 Å². The van der Waals surface area contributed by atoms with Crippen molar-refractivity contribution in [3.63, 3.8) is 0 Å². The second-order valence-electron chi connectivity index (χ2n) is 6.57. The van der Waals surface area contributed by atoms with E-state index in [9.17, 15) is 19.7 Å². The number of carbonyl (C=O) groups excluding carboxylic acids is 1. The van der Waals surface area contributed by atoms with Gasteiger partial charge < -0.3 is 9.73 Å². The van der Waals surface area contributed by atoms with E-state index in [-0.39, 0.29) is 28.5 Å². The van der Waals surface area contributed by atoms with Crippen molar-refractivity contribution < 1.29 is 14.1 Å². The molecule has 1 saturated carbocycles. The Hall–Kier alpha value is -2.70. The number of benzene rings is 1. The number of nitrogens with one attached hydrogen (secondary N) is 1. The Morgan fingerprint density at radius 2 is 2.00 bits per heavy atom. The topological polar surface area (TPSA) is 102 Å². The third-order valence-electron chi connectivity index (χ3n) is 4.86. The fraction of sp³-hybridized carbons (Fsp3) is 0.444. The van der Waals surface area contributed by atoms with Gasteiger partial charge >= 0.3 is 0 Å². The average molecular weight is 344 g/mol. The maximum absolute atomic E-state index is 12.4. The Morgan fingerprint density at radius 1 is 1.28 bits per heavy atom. The summed E-state index contributed by atoms with van der Waals surface area (Å²) in [6.07, 6.45) is 5.77. The normalized spacial score (nSPS) is 16.5. The SMILES string of the molecule is C[C@H](NC(=O)c1cc(=O)c2cc([N+](=O)[O-])ccc2o1)C1CCCCC1. The number of non-ortho nitro benzene ring substituents is 1. The smallest absolute Gasteiger partial charge is 0.287 e. The molecule has 1 heterocycles. The molecular weight excluding hydrogens is 324 g/mol. The van der Waals surface area contributed by atoms with E-state index in [0.717, 1.165) is 25.0 Å². The predicted molar refractivity (Wildman–Crippen MR) is 92.6 cm³/mol. The number of rotatable bonds is 4. The molecule has 0 saturated heterocycles. The first-order valence-corrected chi connectivity index (χ1v) is 8.49. The number of hydrogen-bond acceptors (Lipinski definition) is 5. The first kappa shape index (κ1) is 17.1. The summed E-state index contributed by atoms with van der Waals surface area (Å²) < 4.78 is 5.49.